The highest BCUT2D eigenvalue weighted by Gasteiger charge is 2.28. The molecule has 1 aliphatic rings. The van der Waals surface area contributed by atoms with Crippen LogP contribution in [0.25, 0.3) is 6.08 Å². The number of aliphatic hydroxyl groups is 1. The Balaban J connectivity index is 1.63. The standard InChI is InChI=1S/C27H31N3O6/c1-27(2,3)36-26(32)29-13-11-23(12-14-29)35-24-9-10-25(30(33)34)21(17-24)16-22(31)8-7-19-5-4-6-20(15-19)18-28/h4-10,15,17,22-23,31H,11-14,16H2,1-3H3/b8-7+/t22-/m1/s1. The second-order valence-corrected chi connectivity index (χ2v) is 9.70. The van der Waals surface area contributed by atoms with E-state index in [9.17, 15) is 20.0 Å². The molecule has 0 bridgehead atoms. The van der Waals surface area contributed by atoms with Crippen LogP contribution in [0.5, 0.6) is 5.75 Å². The van der Waals surface area contributed by atoms with E-state index >= 15 is 0 Å². The largest absolute Gasteiger partial charge is 0.490 e. The Hall–Kier alpha value is -3.90. The average molecular weight is 494 g/mol. The van der Waals surface area contributed by atoms with Crippen molar-refractivity contribution < 1.29 is 24.3 Å². The lowest BCUT2D eigenvalue weighted by molar-refractivity contribution is -0.385. The van der Waals surface area contributed by atoms with Gasteiger partial charge in [-0.15, -0.1) is 0 Å². The minimum Gasteiger partial charge on any atom is -0.490 e. The topological polar surface area (TPSA) is 126 Å². The number of likely N-dealkylation sites (tertiary alicyclic amines) is 1. The Labute approximate surface area is 210 Å². The van der Waals surface area contributed by atoms with E-state index in [1.807, 2.05) is 20.8 Å². The molecule has 1 heterocycles. The smallest absolute Gasteiger partial charge is 0.410 e. The number of carbonyl (C=O) groups excluding carboxylic acids is 1. The number of ether oxygens (including phenoxy) is 2. The number of hydrogen-bond donors (Lipinski definition) is 1. The van der Waals surface area contributed by atoms with Gasteiger partial charge in [-0.1, -0.05) is 24.3 Å². The van der Waals surface area contributed by atoms with Crippen LogP contribution < -0.4 is 4.74 Å². The summed E-state index contributed by atoms with van der Waals surface area (Å²) in [5.74, 6) is 0.476. The Bertz CT molecular complexity index is 1160. The van der Waals surface area contributed by atoms with E-state index in [-0.39, 0.29) is 24.3 Å². The molecule has 9 heteroatoms. The van der Waals surface area contributed by atoms with Crippen LogP contribution in [0, 0.1) is 21.4 Å². The molecule has 1 aliphatic heterocycles. The molecule has 1 N–H and O–H groups in total. The van der Waals surface area contributed by atoms with Crippen LogP contribution in [0.15, 0.2) is 48.5 Å². The molecule has 1 amide bonds. The average Bonchev–Trinajstić information content (AvgIpc) is 2.82. The molecule has 1 fully saturated rings. The third-order valence-electron chi connectivity index (χ3n) is 5.60. The van der Waals surface area contributed by atoms with E-state index in [2.05, 4.69) is 6.07 Å². The summed E-state index contributed by atoms with van der Waals surface area (Å²) in [5, 5.41) is 31.1. The molecular weight excluding hydrogens is 462 g/mol. The third-order valence-corrected chi connectivity index (χ3v) is 5.60. The first kappa shape index (κ1) is 26.7. The molecule has 1 saturated heterocycles. The maximum Gasteiger partial charge on any atom is 0.410 e. The summed E-state index contributed by atoms with van der Waals surface area (Å²) in [6.45, 7) is 6.47. The number of aliphatic hydroxyl groups excluding tert-OH is 1. The van der Waals surface area contributed by atoms with Crippen molar-refractivity contribution in [1.82, 2.24) is 4.90 Å². The predicted molar refractivity (Wildman–Crippen MR) is 134 cm³/mol. The molecule has 2 aromatic carbocycles. The summed E-state index contributed by atoms with van der Waals surface area (Å²) in [4.78, 5) is 25.0. The molecule has 3 rings (SSSR count). The zero-order valence-corrected chi connectivity index (χ0v) is 20.7. The van der Waals surface area contributed by atoms with Crippen molar-refractivity contribution in [3.8, 4) is 11.8 Å². The molecule has 0 aliphatic carbocycles. The van der Waals surface area contributed by atoms with Crippen molar-refractivity contribution in [2.24, 2.45) is 0 Å². The number of carbonyl (C=O) groups is 1. The van der Waals surface area contributed by atoms with Gasteiger partial charge in [0.05, 0.1) is 22.7 Å². The van der Waals surface area contributed by atoms with Crippen LogP contribution in [0.1, 0.15) is 50.3 Å². The minimum absolute atomic E-state index is 0.0268. The summed E-state index contributed by atoms with van der Waals surface area (Å²) in [7, 11) is 0. The second-order valence-electron chi connectivity index (χ2n) is 9.70. The van der Waals surface area contributed by atoms with Gasteiger partial charge in [0.2, 0.25) is 0 Å². The molecule has 0 spiro atoms. The summed E-state index contributed by atoms with van der Waals surface area (Å²) < 4.78 is 11.5. The molecule has 9 nitrogen and oxygen atoms in total. The monoisotopic (exact) mass is 493 g/mol. The van der Waals surface area contributed by atoms with Crippen molar-refractivity contribution in [1.29, 1.82) is 5.26 Å². The van der Waals surface area contributed by atoms with Gasteiger partial charge in [0.15, 0.2) is 0 Å². The first-order valence-corrected chi connectivity index (χ1v) is 11.8. The van der Waals surface area contributed by atoms with Crippen molar-refractivity contribution >= 4 is 17.9 Å². The van der Waals surface area contributed by atoms with Crippen molar-refractivity contribution in [2.75, 3.05) is 13.1 Å². The van der Waals surface area contributed by atoms with Crippen LogP contribution in [0.3, 0.4) is 0 Å². The minimum atomic E-state index is -0.971. The van der Waals surface area contributed by atoms with Gasteiger partial charge in [-0.05, 0) is 50.6 Å². The second kappa shape index (κ2) is 11.7. The fraction of sp³-hybridized carbons (Fsp3) is 0.407. The molecular formula is C27H31N3O6. The van der Waals surface area contributed by atoms with Gasteiger partial charge in [0.1, 0.15) is 17.5 Å². The van der Waals surface area contributed by atoms with Crippen molar-refractivity contribution in [3.05, 3.63) is 75.3 Å². The molecule has 36 heavy (non-hydrogen) atoms. The Morgan fingerprint density at radius 1 is 1.28 bits per heavy atom. The molecule has 190 valence electrons. The molecule has 0 saturated carbocycles. The highest BCUT2D eigenvalue weighted by molar-refractivity contribution is 5.68. The Kier molecular flexibility index (Phi) is 8.67. The first-order chi connectivity index (χ1) is 17.0. The van der Waals surface area contributed by atoms with Gasteiger partial charge < -0.3 is 19.5 Å². The summed E-state index contributed by atoms with van der Waals surface area (Å²) in [6, 6.07) is 13.5. The van der Waals surface area contributed by atoms with Gasteiger partial charge >= 0.3 is 6.09 Å². The van der Waals surface area contributed by atoms with Crippen LogP contribution >= 0.6 is 0 Å². The van der Waals surface area contributed by atoms with Crippen molar-refractivity contribution in [2.45, 2.75) is 57.8 Å². The normalized spacial score (nSPS) is 15.4. The third kappa shape index (κ3) is 7.82. The van der Waals surface area contributed by atoms with E-state index in [1.54, 1.807) is 53.5 Å². The van der Waals surface area contributed by atoms with Gasteiger partial charge in [0, 0.05) is 44.0 Å². The van der Waals surface area contributed by atoms with E-state index in [1.165, 1.54) is 6.07 Å². The Morgan fingerprint density at radius 2 is 2.00 bits per heavy atom. The number of benzene rings is 2. The van der Waals surface area contributed by atoms with E-state index in [4.69, 9.17) is 14.7 Å². The van der Waals surface area contributed by atoms with Crippen LogP contribution in [0.2, 0.25) is 0 Å². The van der Waals surface area contributed by atoms with Gasteiger partial charge in [-0.2, -0.15) is 5.26 Å². The molecule has 1 atom stereocenters. The number of hydrogen-bond acceptors (Lipinski definition) is 7. The van der Waals surface area contributed by atoms with Crippen molar-refractivity contribution in [3.63, 3.8) is 0 Å². The fourth-order valence-corrected chi connectivity index (χ4v) is 3.88. The highest BCUT2D eigenvalue weighted by atomic mass is 16.6. The lowest BCUT2D eigenvalue weighted by atomic mass is 10.0. The maximum atomic E-state index is 12.3. The number of piperidine rings is 1. The highest BCUT2D eigenvalue weighted by Crippen LogP contribution is 2.28. The Morgan fingerprint density at radius 3 is 2.64 bits per heavy atom. The fourth-order valence-electron chi connectivity index (χ4n) is 3.88. The molecule has 0 aromatic heterocycles. The number of nitro groups is 1. The molecule has 2 aromatic rings. The summed E-state index contributed by atoms with van der Waals surface area (Å²) in [5.41, 5.74) is 0.953. The molecule has 0 unspecified atom stereocenters. The first-order valence-electron chi connectivity index (χ1n) is 11.8. The van der Waals surface area contributed by atoms with Gasteiger partial charge in [0.25, 0.3) is 5.69 Å². The van der Waals surface area contributed by atoms with E-state index in [0.29, 0.717) is 42.8 Å². The number of nitro benzene ring substituents is 1. The number of rotatable bonds is 7. The SMILES string of the molecule is CC(C)(C)OC(=O)N1CCC(Oc2ccc([N+](=O)[O-])c(C[C@H](O)/C=C/c3cccc(C#N)c3)c2)CC1. The lowest BCUT2D eigenvalue weighted by Gasteiger charge is -2.33. The number of nitrogens with zero attached hydrogens (tertiary/aromatic N) is 3. The molecule has 0 radical (unpaired) electrons. The van der Waals surface area contributed by atoms with Gasteiger partial charge in [-0.3, -0.25) is 10.1 Å². The van der Waals surface area contributed by atoms with Gasteiger partial charge in [-0.25, -0.2) is 4.79 Å². The lowest BCUT2D eigenvalue weighted by Crippen LogP contribution is -2.44. The number of nitriles is 1. The number of amides is 1. The summed E-state index contributed by atoms with van der Waals surface area (Å²) >= 11 is 0. The zero-order chi connectivity index (χ0) is 26.3. The van der Waals surface area contributed by atoms with Crippen LogP contribution in [0.4, 0.5) is 10.5 Å². The van der Waals surface area contributed by atoms with E-state index in [0.717, 1.165) is 5.56 Å². The maximum absolute atomic E-state index is 12.3. The zero-order valence-electron chi connectivity index (χ0n) is 20.7. The van der Waals surface area contributed by atoms with Crippen LogP contribution in [-0.2, 0) is 11.2 Å². The van der Waals surface area contributed by atoms with Crippen LogP contribution in [-0.4, -0.2) is 51.9 Å². The predicted octanol–water partition coefficient (Wildman–Crippen LogP) is 4.86. The summed E-state index contributed by atoms with van der Waals surface area (Å²) in [6.07, 6.45) is 3.00. The van der Waals surface area contributed by atoms with E-state index < -0.39 is 16.6 Å². The quantitative estimate of drug-likeness (QED) is 0.431.